The molecule has 1 heterocycles. The zero-order valence-electron chi connectivity index (χ0n) is 19.7. The quantitative estimate of drug-likeness (QED) is 0.607. The maximum Gasteiger partial charge on any atom is 0.225 e. The molecule has 0 saturated heterocycles. The van der Waals surface area contributed by atoms with Crippen molar-refractivity contribution in [1.29, 1.82) is 0 Å². The predicted molar refractivity (Wildman–Crippen MR) is 130 cm³/mol. The van der Waals surface area contributed by atoms with Crippen molar-refractivity contribution in [3.8, 4) is 5.75 Å². The number of hydrogen-bond donors (Lipinski definition) is 1. The first kappa shape index (κ1) is 22.1. The Morgan fingerprint density at radius 3 is 2.88 bits per heavy atom. The summed E-state index contributed by atoms with van der Waals surface area (Å²) in [5.41, 5.74) is 2.86. The number of ether oxygens (including phenoxy) is 1. The minimum absolute atomic E-state index is 0. The third-order valence-corrected chi connectivity index (χ3v) is 8.70. The van der Waals surface area contributed by atoms with Crippen molar-refractivity contribution in [2.24, 2.45) is 23.2 Å². The molecular formula is C28H36N2O3. The van der Waals surface area contributed by atoms with Crippen LogP contribution in [0, 0.1) is 23.2 Å². The number of benzene rings is 1. The molecular weight excluding hydrogens is 412 g/mol. The van der Waals surface area contributed by atoms with Gasteiger partial charge in [0, 0.05) is 19.7 Å². The van der Waals surface area contributed by atoms with Crippen molar-refractivity contribution < 1.29 is 15.8 Å². The number of carbonyl (C=O) groups excluding carboxylic acids is 2. The molecule has 0 bridgehead atoms. The number of anilines is 1. The molecule has 1 N–H and O–H groups in total. The molecule has 3 aliphatic carbocycles. The summed E-state index contributed by atoms with van der Waals surface area (Å²) in [5, 5.41) is 2.87. The highest BCUT2D eigenvalue weighted by Crippen LogP contribution is 2.62. The normalized spacial score (nSPS) is 30.2. The summed E-state index contributed by atoms with van der Waals surface area (Å²) in [6.07, 6.45) is 8.95. The molecule has 5 heteroatoms. The van der Waals surface area contributed by atoms with Crippen molar-refractivity contribution >= 4 is 17.5 Å². The molecule has 176 valence electrons. The number of aryl methyl sites for hydroxylation is 1. The maximum absolute atomic E-state index is 13.2. The smallest absolute Gasteiger partial charge is 0.225 e. The Morgan fingerprint density at radius 1 is 1.24 bits per heavy atom. The fourth-order valence-corrected chi connectivity index (χ4v) is 7.15. The maximum atomic E-state index is 13.2. The Hall–Kier alpha value is -2.69. The van der Waals surface area contributed by atoms with Crippen molar-refractivity contribution in [2.75, 3.05) is 12.4 Å². The van der Waals surface area contributed by atoms with Gasteiger partial charge in [-0.25, -0.2) is 4.98 Å². The van der Waals surface area contributed by atoms with Gasteiger partial charge in [0.05, 0.1) is 13.3 Å². The molecule has 3 aliphatic rings. The van der Waals surface area contributed by atoms with E-state index < -0.39 is 0 Å². The van der Waals surface area contributed by atoms with Crippen LogP contribution in [-0.4, -0.2) is 23.8 Å². The zero-order valence-corrected chi connectivity index (χ0v) is 19.7. The second-order valence-electron chi connectivity index (χ2n) is 10.4. The van der Waals surface area contributed by atoms with Crippen LogP contribution in [-0.2, 0) is 16.0 Å². The first-order chi connectivity index (χ1) is 16.0. The van der Waals surface area contributed by atoms with E-state index in [1.54, 1.807) is 25.4 Å². The van der Waals surface area contributed by atoms with E-state index >= 15 is 0 Å². The van der Waals surface area contributed by atoms with Crippen LogP contribution >= 0.6 is 0 Å². The third-order valence-electron chi connectivity index (χ3n) is 8.70. The van der Waals surface area contributed by atoms with Gasteiger partial charge in [0.2, 0.25) is 5.91 Å². The second-order valence-corrected chi connectivity index (χ2v) is 10.4. The summed E-state index contributed by atoms with van der Waals surface area (Å²) in [6.45, 7) is 2.23. The second kappa shape index (κ2) is 8.92. The molecule has 1 aromatic carbocycles. The highest BCUT2D eigenvalue weighted by Gasteiger charge is 2.58. The number of nitrogens with one attached hydrogen (secondary N) is 1. The number of methoxy groups -OCH3 is 1. The van der Waals surface area contributed by atoms with E-state index in [0.29, 0.717) is 53.9 Å². The van der Waals surface area contributed by atoms with Gasteiger partial charge in [-0.3, -0.25) is 9.59 Å². The van der Waals surface area contributed by atoms with E-state index in [-0.39, 0.29) is 12.7 Å². The highest BCUT2D eigenvalue weighted by atomic mass is 16.5. The van der Waals surface area contributed by atoms with Crippen LogP contribution in [0.1, 0.15) is 70.3 Å². The summed E-state index contributed by atoms with van der Waals surface area (Å²) < 4.78 is 5.11. The van der Waals surface area contributed by atoms with Gasteiger partial charge in [0.15, 0.2) is 0 Å². The number of amides is 1. The number of rotatable bonds is 6. The number of pyridine rings is 1. The molecule has 0 radical (unpaired) electrons. The zero-order chi connectivity index (χ0) is 23.0. The molecule has 1 aromatic heterocycles. The van der Waals surface area contributed by atoms with Crippen molar-refractivity contribution in [3.05, 3.63) is 53.7 Å². The third kappa shape index (κ3) is 4.07. The van der Waals surface area contributed by atoms with Crippen LogP contribution in [0.3, 0.4) is 0 Å². The predicted octanol–water partition coefficient (Wildman–Crippen LogP) is 5.80. The van der Waals surface area contributed by atoms with Gasteiger partial charge in [-0.15, -0.1) is 0 Å². The molecule has 5 atom stereocenters. The van der Waals surface area contributed by atoms with E-state index in [1.807, 2.05) is 0 Å². The molecule has 0 aliphatic heterocycles. The molecule has 2 fully saturated rings. The lowest BCUT2D eigenvalue weighted by Crippen LogP contribution is -2.44. The largest absolute Gasteiger partial charge is 0.495 e. The molecule has 33 heavy (non-hydrogen) atoms. The molecule has 3 unspecified atom stereocenters. The Kier molecular flexibility index (Phi) is 5.98. The number of carbonyl (C=O) groups is 2. The SMILES string of the molecule is COc1ccc(NC(=O)CCC[C@@H]2CC(=O)[C@@]3(C)CCC4c5ccccc5CCC4C23)nc1.[HH]. The van der Waals surface area contributed by atoms with E-state index in [1.165, 1.54) is 17.5 Å². The average molecular weight is 449 g/mol. The summed E-state index contributed by atoms with van der Waals surface area (Å²) in [5.74, 6) is 3.67. The van der Waals surface area contributed by atoms with E-state index in [9.17, 15) is 9.59 Å². The first-order valence-corrected chi connectivity index (χ1v) is 12.4. The topological polar surface area (TPSA) is 68.3 Å². The molecule has 5 nitrogen and oxygen atoms in total. The van der Waals surface area contributed by atoms with Gasteiger partial charge in [-0.1, -0.05) is 31.2 Å². The standard InChI is InChI=1S/C28H34N2O3.H2/c1-28-15-14-22-21-8-4-3-6-18(21)10-12-23(22)27(28)19(16-24(28)31)7-5-9-26(32)30-25-13-11-20(33-2)17-29-25;/h3-4,6,8,11,13,17,19,22-23,27H,5,7,9-10,12,14-16H2,1-2H3,(H,29,30,32);1H/t19-,22?,23?,27?,28-;/m1./s1. The van der Waals surface area contributed by atoms with Gasteiger partial charge in [-0.05, 0) is 85.5 Å². The number of hydrogen-bond acceptors (Lipinski definition) is 4. The van der Waals surface area contributed by atoms with Gasteiger partial charge >= 0.3 is 0 Å². The lowest BCUT2D eigenvalue weighted by molar-refractivity contribution is -0.129. The minimum Gasteiger partial charge on any atom is -0.495 e. The van der Waals surface area contributed by atoms with Gasteiger partial charge in [0.25, 0.3) is 0 Å². The number of ketones is 1. The number of aromatic nitrogens is 1. The summed E-state index contributed by atoms with van der Waals surface area (Å²) in [7, 11) is 1.59. The average Bonchev–Trinajstić information content (AvgIpc) is 3.09. The van der Waals surface area contributed by atoms with Crippen LogP contribution < -0.4 is 10.1 Å². The summed E-state index contributed by atoms with van der Waals surface area (Å²) in [6, 6.07) is 12.5. The fraction of sp³-hybridized carbons (Fsp3) is 0.536. The van der Waals surface area contributed by atoms with E-state index in [2.05, 4.69) is 41.5 Å². The van der Waals surface area contributed by atoms with Crippen LogP contribution in [0.5, 0.6) is 5.75 Å². The van der Waals surface area contributed by atoms with Crippen LogP contribution in [0.4, 0.5) is 5.82 Å². The molecule has 5 rings (SSSR count). The van der Waals surface area contributed by atoms with Gasteiger partial charge in [-0.2, -0.15) is 0 Å². The Balaban J connectivity index is 0.00000274. The Morgan fingerprint density at radius 2 is 2.09 bits per heavy atom. The Labute approximate surface area is 197 Å². The molecule has 1 amide bonds. The molecule has 2 saturated carbocycles. The summed E-state index contributed by atoms with van der Waals surface area (Å²) in [4.78, 5) is 29.8. The van der Waals surface area contributed by atoms with E-state index in [4.69, 9.17) is 4.74 Å². The van der Waals surface area contributed by atoms with Gasteiger partial charge < -0.3 is 10.1 Å². The fourth-order valence-electron chi connectivity index (χ4n) is 7.15. The van der Waals surface area contributed by atoms with Crippen LogP contribution in [0.25, 0.3) is 0 Å². The van der Waals surface area contributed by atoms with Crippen LogP contribution in [0.2, 0.25) is 0 Å². The monoisotopic (exact) mass is 448 g/mol. The molecule has 0 spiro atoms. The van der Waals surface area contributed by atoms with Crippen molar-refractivity contribution in [2.45, 2.75) is 64.2 Å². The number of fused-ring (bicyclic) bond motifs is 5. The van der Waals surface area contributed by atoms with Gasteiger partial charge in [0.1, 0.15) is 17.4 Å². The first-order valence-electron chi connectivity index (χ1n) is 12.4. The van der Waals surface area contributed by atoms with Crippen LogP contribution in [0.15, 0.2) is 42.6 Å². The lowest BCUT2D eigenvalue weighted by Gasteiger charge is -2.50. The van der Waals surface area contributed by atoms with Crippen molar-refractivity contribution in [3.63, 3.8) is 0 Å². The van der Waals surface area contributed by atoms with E-state index in [0.717, 1.165) is 32.1 Å². The summed E-state index contributed by atoms with van der Waals surface area (Å²) >= 11 is 0. The highest BCUT2D eigenvalue weighted by molar-refractivity contribution is 5.90. The van der Waals surface area contributed by atoms with Crippen molar-refractivity contribution in [1.82, 2.24) is 4.98 Å². The molecule has 2 aromatic rings. The number of Topliss-reactive ketones (excluding diaryl/α,β-unsaturated/α-hetero) is 1. The Bertz CT molecular complexity index is 1040. The lowest BCUT2D eigenvalue weighted by atomic mass is 9.54. The number of nitrogens with zero attached hydrogens (tertiary/aromatic N) is 1. The minimum atomic E-state index is -0.173.